The molecule has 0 unspecified atom stereocenters. The second-order valence-electron chi connectivity index (χ2n) is 6.03. The number of benzene rings is 2. The second-order valence-corrected chi connectivity index (χ2v) is 6.82. The number of carbonyl (C=O) groups is 3. The van der Waals surface area contributed by atoms with E-state index in [9.17, 15) is 14.4 Å². The Morgan fingerprint density at radius 1 is 1.00 bits per heavy atom. The van der Waals surface area contributed by atoms with Gasteiger partial charge in [0.15, 0.2) is 12.4 Å². The molecule has 1 amide bonds. The van der Waals surface area contributed by atoms with Gasteiger partial charge in [-0.05, 0) is 43.2 Å². The van der Waals surface area contributed by atoms with Crippen LogP contribution >= 0.6 is 23.2 Å². The lowest BCUT2D eigenvalue weighted by atomic mass is 10.0. The molecule has 0 fully saturated rings. The third-order valence-electron chi connectivity index (χ3n) is 3.98. The van der Waals surface area contributed by atoms with Crippen LogP contribution in [-0.4, -0.2) is 24.3 Å². The number of Topliss-reactive ketones (excluding diaryl/α,β-unsaturated/α-hetero) is 1. The number of hydrogen-bond acceptors (Lipinski definition) is 4. The first kappa shape index (κ1) is 20.9. The zero-order valence-corrected chi connectivity index (χ0v) is 16.5. The van der Waals surface area contributed by atoms with E-state index in [1.165, 1.54) is 0 Å². The van der Waals surface area contributed by atoms with Gasteiger partial charge in [0.05, 0.1) is 22.2 Å². The highest BCUT2D eigenvalue weighted by atomic mass is 35.5. The molecule has 0 bridgehead atoms. The number of ketones is 1. The Labute approximate surface area is 167 Å². The minimum atomic E-state index is -0.625. The number of carbonyl (C=O) groups excluding carboxylic acids is 3. The molecule has 0 saturated carbocycles. The van der Waals surface area contributed by atoms with E-state index in [1.54, 1.807) is 30.3 Å². The molecule has 0 heterocycles. The van der Waals surface area contributed by atoms with E-state index in [-0.39, 0.29) is 23.6 Å². The van der Waals surface area contributed by atoms with E-state index in [0.717, 1.165) is 11.1 Å². The fourth-order valence-electron chi connectivity index (χ4n) is 2.28. The Kier molecular flexibility index (Phi) is 7.39. The highest BCUT2D eigenvalue weighted by molar-refractivity contribution is 6.44. The number of hydrogen-bond donors (Lipinski definition) is 1. The Bertz CT molecular complexity index is 880. The van der Waals surface area contributed by atoms with Crippen LogP contribution in [0, 0.1) is 13.8 Å². The van der Waals surface area contributed by atoms with Crippen LogP contribution in [0.4, 0.5) is 5.69 Å². The van der Waals surface area contributed by atoms with Crippen molar-refractivity contribution in [3.63, 3.8) is 0 Å². The highest BCUT2D eigenvalue weighted by Crippen LogP contribution is 2.29. The molecule has 27 heavy (non-hydrogen) atoms. The number of nitrogens with one attached hydrogen (secondary N) is 1. The molecule has 2 rings (SSSR count). The summed E-state index contributed by atoms with van der Waals surface area (Å²) in [6.45, 7) is 3.41. The van der Waals surface area contributed by atoms with Crippen LogP contribution in [0.5, 0.6) is 0 Å². The Balaban J connectivity index is 1.78. The van der Waals surface area contributed by atoms with Gasteiger partial charge in [-0.25, -0.2) is 0 Å². The van der Waals surface area contributed by atoms with Crippen LogP contribution in [0.25, 0.3) is 0 Å². The number of ether oxygens (including phenoxy) is 1. The fraction of sp³-hybridized carbons (Fsp3) is 0.250. The zero-order chi connectivity index (χ0) is 20.0. The molecule has 142 valence electrons. The molecule has 2 aromatic rings. The lowest BCUT2D eigenvalue weighted by Crippen LogP contribution is -2.21. The van der Waals surface area contributed by atoms with Gasteiger partial charge in [-0.2, -0.15) is 0 Å². The minimum absolute atomic E-state index is 0.0169. The van der Waals surface area contributed by atoms with E-state index < -0.39 is 18.5 Å². The number of aryl methyl sites for hydroxylation is 2. The van der Waals surface area contributed by atoms with E-state index in [4.69, 9.17) is 27.9 Å². The van der Waals surface area contributed by atoms with Crippen LogP contribution in [-0.2, 0) is 14.3 Å². The molecular formula is C20H19Cl2NO4. The maximum absolute atomic E-state index is 12.1. The van der Waals surface area contributed by atoms with E-state index >= 15 is 0 Å². The van der Waals surface area contributed by atoms with Crippen molar-refractivity contribution in [2.24, 2.45) is 0 Å². The van der Waals surface area contributed by atoms with Gasteiger partial charge < -0.3 is 10.1 Å². The van der Waals surface area contributed by atoms with Gasteiger partial charge in [-0.15, -0.1) is 0 Å². The van der Waals surface area contributed by atoms with Crippen molar-refractivity contribution in [1.82, 2.24) is 0 Å². The van der Waals surface area contributed by atoms with Crippen LogP contribution in [0.15, 0.2) is 36.4 Å². The summed E-state index contributed by atoms with van der Waals surface area (Å²) in [6.07, 6.45) is -0.0833. The number of esters is 1. The number of halogens is 2. The molecule has 2 aromatic carbocycles. The van der Waals surface area contributed by atoms with Gasteiger partial charge in [0.2, 0.25) is 0 Å². The largest absolute Gasteiger partial charge is 0.456 e. The summed E-state index contributed by atoms with van der Waals surface area (Å²) < 4.78 is 4.90. The molecule has 0 aliphatic rings. The van der Waals surface area contributed by atoms with Gasteiger partial charge >= 0.3 is 5.97 Å². The van der Waals surface area contributed by atoms with Crippen LogP contribution < -0.4 is 5.32 Å². The summed E-state index contributed by atoms with van der Waals surface area (Å²) in [5.74, 6) is -1.32. The monoisotopic (exact) mass is 407 g/mol. The standard InChI is InChI=1S/C20H19Cl2NO4/c1-12-6-7-14(10-13(12)2)17(24)8-9-19(26)27-11-18(25)23-16-5-3-4-15(21)20(16)22/h3-7,10H,8-9,11H2,1-2H3,(H,23,25). The SMILES string of the molecule is Cc1ccc(C(=O)CCC(=O)OCC(=O)Nc2cccc(Cl)c2Cl)cc1C. The molecule has 0 spiro atoms. The van der Waals surface area contributed by atoms with Gasteiger partial charge in [0, 0.05) is 12.0 Å². The quantitative estimate of drug-likeness (QED) is 0.530. The lowest BCUT2D eigenvalue weighted by molar-refractivity contribution is -0.147. The average molecular weight is 408 g/mol. The summed E-state index contributed by atoms with van der Waals surface area (Å²) in [6, 6.07) is 10.2. The molecule has 0 radical (unpaired) electrons. The molecular weight excluding hydrogens is 389 g/mol. The fourth-order valence-corrected chi connectivity index (χ4v) is 2.63. The van der Waals surface area contributed by atoms with Crippen LogP contribution in [0.2, 0.25) is 10.0 Å². The highest BCUT2D eigenvalue weighted by Gasteiger charge is 2.13. The zero-order valence-electron chi connectivity index (χ0n) is 15.0. The first-order valence-corrected chi connectivity index (χ1v) is 9.03. The van der Waals surface area contributed by atoms with Crippen molar-refractivity contribution in [3.05, 3.63) is 63.1 Å². The molecule has 0 aromatic heterocycles. The molecule has 7 heteroatoms. The van der Waals surface area contributed by atoms with Gasteiger partial charge in [-0.1, -0.05) is 41.4 Å². The van der Waals surface area contributed by atoms with Crippen molar-refractivity contribution in [1.29, 1.82) is 0 Å². The molecule has 5 nitrogen and oxygen atoms in total. The first-order valence-electron chi connectivity index (χ1n) is 8.28. The predicted octanol–water partition coefficient (Wildman–Crippen LogP) is 4.76. The van der Waals surface area contributed by atoms with Crippen molar-refractivity contribution in [2.45, 2.75) is 26.7 Å². The minimum Gasteiger partial charge on any atom is -0.456 e. The second kappa shape index (κ2) is 9.53. The van der Waals surface area contributed by atoms with E-state index in [1.807, 2.05) is 19.9 Å². The van der Waals surface area contributed by atoms with Crippen molar-refractivity contribution >= 4 is 46.5 Å². The van der Waals surface area contributed by atoms with Crippen LogP contribution in [0.3, 0.4) is 0 Å². The lowest BCUT2D eigenvalue weighted by Gasteiger charge is -2.09. The van der Waals surface area contributed by atoms with Crippen molar-refractivity contribution in [3.8, 4) is 0 Å². The van der Waals surface area contributed by atoms with Crippen molar-refractivity contribution in [2.75, 3.05) is 11.9 Å². The predicted molar refractivity (Wildman–Crippen MR) is 106 cm³/mol. The third kappa shape index (κ3) is 6.08. The topological polar surface area (TPSA) is 72.5 Å². The Hall–Kier alpha value is -2.37. The van der Waals surface area contributed by atoms with E-state index in [2.05, 4.69) is 5.32 Å². The normalized spacial score (nSPS) is 10.4. The summed E-state index contributed by atoms with van der Waals surface area (Å²) in [4.78, 5) is 35.8. The molecule has 1 N–H and O–H groups in total. The maximum atomic E-state index is 12.1. The Morgan fingerprint density at radius 3 is 2.44 bits per heavy atom. The molecule has 0 saturated heterocycles. The average Bonchev–Trinajstić information content (AvgIpc) is 2.64. The van der Waals surface area contributed by atoms with E-state index in [0.29, 0.717) is 16.3 Å². The number of rotatable bonds is 7. The summed E-state index contributed by atoms with van der Waals surface area (Å²) in [7, 11) is 0. The molecule has 0 aliphatic carbocycles. The Morgan fingerprint density at radius 2 is 1.74 bits per heavy atom. The maximum Gasteiger partial charge on any atom is 0.306 e. The van der Waals surface area contributed by atoms with Gasteiger partial charge in [0.1, 0.15) is 0 Å². The summed E-state index contributed by atoms with van der Waals surface area (Å²) in [5.41, 5.74) is 2.99. The van der Waals surface area contributed by atoms with Gasteiger partial charge in [0.25, 0.3) is 5.91 Å². The molecule has 0 atom stereocenters. The van der Waals surface area contributed by atoms with Gasteiger partial charge in [-0.3, -0.25) is 14.4 Å². The first-order chi connectivity index (χ1) is 12.8. The van der Waals surface area contributed by atoms with Crippen LogP contribution in [0.1, 0.15) is 34.3 Å². The summed E-state index contributed by atoms with van der Waals surface area (Å²) >= 11 is 11.8. The number of amides is 1. The third-order valence-corrected chi connectivity index (χ3v) is 4.79. The molecule has 0 aliphatic heterocycles. The van der Waals surface area contributed by atoms with Crippen molar-refractivity contribution < 1.29 is 19.1 Å². The summed E-state index contributed by atoms with van der Waals surface area (Å²) in [5, 5.41) is 3.02. The number of anilines is 1. The smallest absolute Gasteiger partial charge is 0.306 e.